The lowest BCUT2D eigenvalue weighted by Crippen LogP contribution is -2.31. The molecule has 0 aliphatic rings. The normalized spacial score (nSPS) is 12.2. The Morgan fingerprint density at radius 1 is 1.50 bits per heavy atom. The zero-order chi connectivity index (χ0) is 12.1. The minimum atomic E-state index is -0.120. The van der Waals surface area contributed by atoms with Gasteiger partial charge in [-0.25, -0.2) is 5.84 Å². The van der Waals surface area contributed by atoms with E-state index in [-0.39, 0.29) is 11.2 Å². The minimum absolute atomic E-state index is 0.120. The zero-order valence-corrected chi connectivity index (χ0v) is 10.7. The van der Waals surface area contributed by atoms with Gasteiger partial charge in [0, 0.05) is 16.6 Å². The quantitative estimate of drug-likeness (QED) is 0.366. The summed E-state index contributed by atoms with van der Waals surface area (Å²) >= 11 is 1.71. The molecular weight excluding hydrogens is 220 g/mol. The van der Waals surface area contributed by atoms with Crippen molar-refractivity contribution in [3.05, 3.63) is 29.3 Å². The van der Waals surface area contributed by atoms with Gasteiger partial charge in [0.15, 0.2) is 0 Å². The molecule has 1 amide bonds. The van der Waals surface area contributed by atoms with Crippen LogP contribution in [0.5, 0.6) is 0 Å². The molecule has 3 nitrogen and oxygen atoms in total. The fraction of sp³-hybridized carbons (Fsp3) is 0.417. The molecule has 1 unspecified atom stereocenters. The molecule has 1 rings (SSSR count). The van der Waals surface area contributed by atoms with Crippen LogP contribution in [-0.2, 0) is 4.79 Å². The van der Waals surface area contributed by atoms with Crippen LogP contribution in [0, 0.1) is 13.8 Å². The van der Waals surface area contributed by atoms with Crippen molar-refractivity contribution in [2.45, 2.75) is 37.3 Å². The average Bonchev–Trinajstić information content (AvgIpc) is 2.23. The van der Waals surface area contributed by atoms with E-state index in [1.807, 2.05) is 6.92 Å². The van der Waals surface area contributed by atoms with Gasteiger partial charge in [0.05, 0.1) is 0 Å². The average molecular weight is 238 g/mol. The van der Waals surface area contributed by atoms with Crippen LogP contribution < -0.4 is 11.3 Å². The van der Waals surface area contributed by atoms with Crippen LogP contribution in [-0.4, -0.2) is 11.2 Å². The maximum absolute atomic E-state index is 11.1. The van der Waals surface area contributed by atoms with E-state index in [1.165, 1.54) is 16.0 Å². The summed E-state index contributed by atoms with van der Waals surface area (Å²) in [7, 11) is 0. The van der Waals surface area contributed by atoms with Gasteiger partial charge in [0.2, 0.25) is 5.91 Å². The number of amides is 1. The highest BCUT2D eigenvalue weighted by Crippen LogP contribution is 2.28. The number of carbonyl (C=O) groups excluding carboxylic acids is 1. The molecular formula is C12H18N2OS. The Labute approximate surface area is 101 Å². The number of nitrogens with one attached hydrogen (secondary N) is 1. The topological polar surface area (TPSA) is 55.1 Å². The van der Waals surface area contributed by atoms with Crippen molar-refractivity contribution in [2.75, 3.05) is 0 Å². The highest BCUT2D eigenvalue weighted by atomic mass is 32.2. The van der Waals surface area contributed by atoms with Gasteiger partial charge in [-0.2, -0.15) is 0 Å². The predicted octanol–water partition coefficient (Wildman–Crippen LogP) is 2.16. The third kappa shape index (κ3) is 3.87. The summed E-state index contributed by atoms with van der Waals surface area (Å²) in [4.78, 5) is 12.3. The fourth-order valence-corrected chi connectivity index (χ4v) is 2.59. The summed E-state index contributed by atoms with van der Waals surface area (Å²) in [5.74, 6) is 4.94. The largest absolute Gasteiger partial charge is 0.294 e. The molecule has 0 saturated carbocycles. The molecule has 0 aliphatic carbocycles. The van der Waals surface area contributed by atoms with E-state index in [0.29, 0.717) is 6.42 Å². The van der Waals surface area contributed by atoms with Gasteiger partial charge in [-0.15, -0.1) is 11.8 Å². The minimum Gasteiger partial charge on any atom is -0.294 e. The van der Waals surface area contributed by atoms with Crippen molar-refractivity contribution in [3.8, 4) is 0 Å². The highest BCUT2D eigenvalue weighted by Gasteiger charge is 2.10. The second-order valence-electron chi connectivity index (χ2n) is 3.97. The second-order valence-corrected chi connectivity index (χ2v) is 5.45. The molecule has 88 valence electrons. The van der Waals surface area contributed by atoms with Gasteiger partial charge < -0.3 is 0 Å². The van der Waals surface area contributed by atoms with E-state index in [2.05, 4.69) is 37.5 Å². The first-order chi connectivity index (χ1) is 7.52. The Hall–Kier alpha value is -1.00. The van der Waals surface area contributed by atoms with E-state index in [9.17, 15) is 4.79 Å². The molecule has 0 saturated heterocycles. The summed E-state index contributed by atoms with van der Waals surface area (Å²) in [5, 5.41) is 0.226. The maximum Gasteiger partial charge on any atom is 0.234 e. The van der Waals surface area contributed by atoms with Crippen molar-refractivity contribution in [1.82, 2.24) is 5.43 Å². The SMILES string of the molecule is Cc1ccc(C)c(SC(C)CC(=O)NN)c1. The molecule has 0 spiro atoms. The number of rotatable bonds is 4. The monoisotopic (exact) mass is 238 g/mol. The molecule has 0 aromatic heterocycles. The second kappa shape index (κ2) is 5.92. The summed E-state index contributed by atoms with van der Waals surface area (Å²) in [6, 6.07) is 6.35. The predicted molar refractivity (Wildman–Crippen MR) is 68.2 cm³/mol. The smallest absolute Gasteiger partial charge is 0.234 e. The molecule has 1 aromatic carbocycles. The van der Waals surface area contributed by atoms with Crippen molar-refractivity contribution >= 4 is 17.7 Å². The zero-order valence-electron chi connectivity index (χ0n) is 9.91. The lowest BCUT2D eigenvalue weighted by molar-refractivity contribution is -0.121. The van der Waals surface area contributed by atoms with E-state index in [4.69, 9.17) is 5.84 Å². The molecule has 16 heavy (non-hydrogen) atoms. The Kier molecular flexibility index (Phi) is 4.83. The Balaban J connectivity index is 2.65. The molecule has 3 N–H and O–H groups in total. The first kappa shape index (κ1) is 13.1. The van der Waals surface area contributed by atoms with E-state index < -0.39 is 0 Å². The summed E-state index contributed by atoms with van der Waals surface area (Å²) in [6.07, 6.45) is 0.439. The van der Waals surface area contributed by atoms with Crippen LogP contribution in [0.25, 0.3) is 0 Å². The molecule has 0 heterocycles. The van der Waals surface area contributed by atoms with Crippen molar-refractivity contribution in [3.63, 3.8) is 0 Å². The van der Waals surface area contributed by atoms with E-state index >= 15 is 0 Å². The molecule has 4 heteroatoms. The molecule has 1 atom stereocenters. The number of carbonyl (C=O) groups is 1. The molecule has 0 fully saturated rings. The maximum atomic E-state index is 11.1. The van der Waals surface area contributed by atoms with Crippen molar-refractivity contribution < 1.29 is 4.79 Å². The fourth-order valence-electron chi connectivity index (χ4n) is 1.41. The lowest BCUT2D eigenvalue weighted by atomic mass is 10.2. The standard InChI is InChI=1S/C12H18N2OS/c1-8-4-5-9(2)11(6-8)16-10(3)7-12(15)14-13/h4-6,10H,7,13H2,1-3H3,(H,14,15). The summed E-state index contributed by atoms with van der Waals surface area (Å²) in [6.45, 7) is 6.18. The first-order valence-corrected chi connectivity index (χ1v) is 6.14. The number of hydrazine groups is 1. The van der Waals surface area contributed by atoms with Gasteiger partial charge in [0.25, 0.3) is 0 Å². The van der Waals surface area contributed by atoms with Crippen LogP contribution in [0.1, 0.15) is 24.5 Å². The summed E-state index contributed by atoms with van der Waals surface area (Å²) in [5.41, 5.74) is 4.64. The third-order valence-electron chi connectivity index (χ3n) is 2.31. The van der Waals surface area contributed by atoms with Crippen molar-refractivity contribution in [1.29, 1.82) is 0 Å². The van der Waals surface area contributed by atoms with Crippen LogP contribution in [0.3, 0.4) is 0 Å². The van der Waals surface area contributed by atoms with Gasteiger partial charge >= 0.3 is 0 Å². The number of benzene rings is 1. The highest BCUT2D eigenvalue weighted by molar-refractivity contribution is 8.00. The molecule has 1 aromatic rings. The number of hydrogen-bond donors (Lipinski definition) is 2. The van der Waals surface area contributed by atoms with E-state index in [1.54, 1.807) is 11.8 Å². The Morgan fingerprint density at radius 2 is 2.19 bits per heavy atom. The number of hydrogen-bond acceptors (Lipinski definition) is 3. The number of aryl methyl sites for hydroxylation is 2. The van der Waals surface area contributed by atoms with Gasteiger partial charge in [-0.05, 0) is 25.5 Å². The number of nitrogens with two attached hydrogens (primary N) is 1. The lowest BCUT2D eigenvalue weighted by Gasteiger charge is -2.12. The number of thioether (sulfide) groups is 1. The first-order valence-electron chi connectivity index (χ1n) is 5.26. The van der Waals surface area contributed by atoms with Crippen LogP contribution in [0.15, 0.2) is 23.1 Å². The van der Waals surface area contributed by atoms with Gasteiger partial charge in [-0.1, -0.05) is 24.6 Å². The Morgan fingerprint density at radius 3 is 2.81 bits per heavy atom. The van der Waals surface area contributed by atoms with Crippen LogP contribution in [0.2, 0.25) is 0 Å². The summed E-state index contributed by atoms with van der Waals surface area (Å²) < 4.78 is 0. The van der Waals surface area contributed by atoms with E-state index in [0.717, 1.165) is 0 Å². The van der Waals surface area contributed by atoms with Crippen molar-refractivity contribution in [2.24, 2.45) is 5.84 Å². The van der Waals surface area contributed by atoms with Gasteiger partial charge in [-0.3, -0.25) is 10.2 Å². The third-order valence-corrected chi connectivity index (χ3v) is 3.57. The Bertz CT molecular complexity index is 379. The van der Waals surface area contributed by atoms with Crippen LogP contribution >= 0.6 is 11.8 Å². The van der Waals surface area contributed by atoms with Gasteiger partial charge in [0.1, 0.15) is 0 Å². The van der Waals surface area contributed by atoms with Crippen LogP contribution in [0.4, 0.5) is 0 Å². The molecule has 0 aliphatic heterocycles. The molecule has 0 bridgehead atoms. The molecule has 0 radical (unpaired) electrons.